The summed E-state index contributed by atoms with van der Waals surface area (Å²) >= 11 is 0. The molecule has 0 spiro atoms. The fraction of sp³-hybridized carbons (Fsp3) is 0.600. The second-order valence-corrected chi connectivity index (χ2v) is 5.48. The van der Waals surface area contributed by atoms with E-state index in [-0.39, 0.29) is 17.5 Å². The molecule has 0 saturated carbocycles. The van der Waals surface area contributed by atoms with Crippen molar-refractivity contribution in [2.45, 2.75) is 44.4 Å². The summed E-state index contributed by atoms with van der Waals surface area (Å²) in [5.41, 5.74) is -0.582. The van der Waals surface area contributed by atoms with Gasteiger partial charge in [-0.15, -0.1) is 0 Å². The van der Waals surface area contributed by atoms with Gasteiger partial charge in [-0.2, -0.15) is 13.2 Å². The number of methoxy groups -OCH3 is 1. The van der Waals surface area contributed by atoms with Crippen LogP contribution in [0.1, 0.15) is 31.7 Å². The van der Waals surface area contributed by atoms with Crippen molar-refractivity contribution in [3.8, 4) is 5.75 Å². The smallest absolute Gasteiger partial charge is 0.418 e. The van der Waals surface area contributed by atoms with Crippen molar-refractivity contribution in [2.75, 3.05) is 19.0 Å². The van der Waals surface area contributed by atoms with Crippen LogP contribution in [0.25, 0.3) is 0 Å². The Balaban J connectivity index is 2.10. The van der Waals surface area contributed by atoms with Gasteiger partial charge in [-0.3, -0.25) is 0 Å². The summed E-state index contributed by atoms with van der Waals surface area (Å²) in [6, 6.07) is 4.36. The van der Waals surface area contributed by atoms with E-state index in [1.54, 1.807) is 0 Å². The van der Waals surface area contributed by atoms with E-state index in [9.17, 15) is 13.2 Å². The van der Waals surface area contributed by atoms with Gasteiger partial charge in [0.05, 0.1) is 12.7 Å². The third-order valence-electron chi connectivity index (χ3n) is 3.73. The average Bonchev–Trinajstić information content (AvgIpc) is 2.90. The standard InChI is InChI=1S/C15H21F3N2O/c1-10(8-11-4-3-7-19-11)20-14-6-5-12(21-2)9-13(14)15(16,17)18/h5-6,9-11,19-20H,3-4,7-8H2,1-2H3. The number of halogens is 3. The SMILES string of the molecule is COc1ccc(NC(C)CC2CCCN2)c(C(F)(F)F)c1. The molecule has 2 N–H and O–H groups in total. The fourth-order valence-corrected chi connectivity index (χ4v) is 2.72. The number of alkyl halides is 3. The molecule has 118 valence electrons. The van der Waals surface area contributed by atoms with Crippen LogP contribution in [0.4, 0.5) is 18.9 Å². The summed E-state index contributed by atoms with van der Waals surface area (Å²) < 4.78 is 44.2. The molecule has 2 rings (SSSR count). The minimum atomic E-state index is -4.40. The highest BCUT2D eigenvalue weighted by Crippen LogP contribution is 2.37. The summed E-state index contributed by atoms with van der Waals surface area (Å²) in [5, 5.41) is 6.33. The van der Waals surface area contributed by atoms with E-state index < -0.39 is 11.7 Å². The second-order valence-electron chi connectivity index (χ2n) is 5.48. The molecule has 1 aromatic rings. The Kier molecular flexibility index (Phi) is 4.98. The lowest BCUT2D eigenvalue weighted by Crippen LogP contribution is -2.29. The molecule has 0 radical (unpaired) electrons. The van der Waals surface area contributed by atoms with Gasteiger partial charge in [-0.05, 0) is 50.9 Å². The van der Waals surface area contributed by atoms with Gasteiger partial charge in [-0.1, -0.05) is 0 Å². The van der Waals surface area contributed by atoms with Crippen LogP contribution in [-0.4, -0.2) is 25.7 Å². The minimum absolute atomic E-state index is 0.0323. The molecule has 0 aliphatic carbocycles. The molecular formula is C15H21F3N2O. The number of benzene rings is 1. The maximum absolute atomic E-state index is 13.1. The highest BCUT2D eigenvalue weighted by molar-refractivity contribution is 5.56. The minimum Gasteiger partial charge on any atom is -0.497 e. The van der Waals surface area contributed by atoms with Crippen molar-refractivity contribution < 1.29 is 17.9 Å². The maximum Gasteiger partial charge on any atom is 0.418 e. The van der Waals surface area contributed by atoms with Gasteiger partial charge in [0, 0.05) is 17.8 Å². The molecule has 21 heavy (non-hydrogen) atoms. The average molecular weight is 302 g/mol. The van der Waals surface area contributed by atoms with E-state index in [1.165, 1.54) is 19.2 Å². The molecule has 0 bridgehead atoms. The molecule has 3 nitrogen and oxygen atoms in total. The van der Waals surface area contributed by atoms with Gasteiger partial charge in [0.15, 0.2) is 0 Å². The first-order valence-corrected chi connectivity index (χ1v) is 7.15. The first-order chi connectivity index (χ1) is 9.90. The molecule has 1 saturated heterocycles. The molecule has 1 aliphatic heterocycles. The lowest BCUT2D eigenvalue weighted by molar-refractivity contribution is -0.137. The Morgan fingerprint density at radius 3 is 2.76 bits per heavy atom. The normalized spacial score (nSPS) is 20.3. The lowest BCUT2D eigenvalue weighted by Gasteiger charge is -2.22. The highest BCUT2D eigenvalue weighted by Gasteiger charge is 2.34. The molecule has 0 amide bonds. The summed E-state index contributed by atoms with van der Waals surface area (Å²) in [6.07, 6.45) is -1.37. The van der Waals surface area contributed by atoms with Gasteiger partial charge < -0.3 is 15.4 Å². The van der Waals surface area contributed by atoms with Crippen LogP contribution >= 0.6 is 0 Å². The van der Waals surface area contributed by atoms with Crippen LogP contribution in [0.5, 0.6) is 5.75 Å². The predicted molar refractivity (Wildman–Crippen MR) is 76.7 cm³/mol. The van der Waals surface area contributed by atoms with Crippen molar-refractivity contribution >= 4 is 5.69 Å². The van der Waals surface area contributed by atoms with Gasteiger partial charge in [0.1, 0.15) is 5.75 Å². The fourth-order valence-electron chi connectivity index (χ4n) is 2.72. The van der Waals surface area contributed by atoms with Gasteiger partial charge >= 0.3 is 6.18 Å². The first-order valence-electron chi connectivity index (χ1n) is 7.15. The molecule has 1 heterocycles. The Morgan fingerprint density at radius 2 is 2.19 bits per heavy atom. The largest absolute Gasteiger partial charge is 0.497 e. The molecule has 1 aliphatic rings. The zero-order chi connectivity index (χ0) is 15.5. The maximum atomic E-state index is 13.1. The van der Waals surface area contributed by atoms with Crippen molar-refractivity contribution in [3.63, 3.8) is 0 Å². The topological polar surface area (TPSA) is 33.3 Å². The number of rotatable bonds is 5. The highest BCUT2D eigenvalue weighted by atomic mass is 19.4. The number of nitrogens with one attached hydrogen (secondary N) is 2. The summed E-state index contributed by atoms with van der Waals surface area (Å²) in [6.45, 7) is 2.90. The molecule has 2 unspecified atom stereocenters. The van der Waals surface area contributed by atoms with Gasteiger partial charge in [0.2, 0.25) is 0 Å². The van der Waals surface area contributed by atoms with Crippen molar-refractivity contribution in [1.82, 2.24) is 5.32 Å². The van der Waals surface area contributed by atoms with E-state index in [1.807, 2.05) is 6.92 Å². The third-order valence-corrected chi connectivity index (χ3v) is 3.73. The molecular weight excluding hydrogens is 281 g/mol. The molecule has 1 aromatic carbocycles. The Morgan fingerprint density at radius 1 is 1.43 bits per heavy atom. The number of hydrogen-bond donors (Lipinski definition) is 2. The number of anilines is 1. The zero-order valence-electron chi connectivity index (χ0n) is 12.3. The quantitative estimate of drug-likeness (QED) is 0.871. The van der Waals surface area contributed by atoms with Gasteiger partial charge in [0.25, 0.3) is 0 Å². The van der Waals surface area contributed by atoms with E-state index in [4.69, 9.17) is 4.74 Å². The van der Waals surface area contributed by atoms with E-state index in [0.29, 0.717) is 6.04 Å². The summed E-state index contributed by atoms with van der Waals surface area (Å²) in [5.74, 6) is 0.206. The molecule has 2 atom stereocenters. The molecule has 6 heteroatoms. The van der Waals surface area contributed by atoms with Crippen LogP contribution in [0, 0.1) is 0 Å². The monoisotopic (exact) mass is 302 g/mol. The Hall–Kier alpha value is -1.43. The Bertz CT molecular complexity index is 470. The number of hydrogen-bond acceptors (Lipinski definition) is 3. The number of ether oxygens (including phenoxy) is 1. The zero-order valence-corrected chi connectivity index (χ0v) is 12.3. The van der Waals surface area contributed by atoms with Crippen LogP contribution in [0.3, 0.4) is 0 Å². The van der Waals surface area contributed by atoms with Crippen molar-refractivity contribution in [1.29, 1.82) is 0 Å². The molecule has 0 aromatic heterocycles. The van der Waals surface area contributed by atoms with Crippen molar-refractivity contribution in [2.24, 2.45) is 0 Å². The van der Waals surface area contributed by atoms with Crippen LogP contribution in [-0.2, 0) is 6.18 Å². The summed E-state index contributed by atoms with van der Waals surface area (Å²) in [4.78, 5) is 0. The second kappa shape index (κ2) is 6.56. The molecule has 1 fully saturated rings. The van der Waals surface area contributed by atoms with E-state index in [0.717, 1.165) is 31.9 Å². The lowest BCUT2D eigenvalue weighted by atomic mass is 10.1. The van der Waals surface area contributed by atoms with Crippen LogP contribution < -0.4 is 15.4 Å². The van der Waals surface area contributed by atoms with Crippen LogP contribution in [0.2, 0.25) is 0 Å². The van der Waals surface area contributed by atoms with Crippen molar-refractivity contribution in [3.05, 3.63) is 23.8 Å². The first kappa shape index (κ1) is 15.9. The predicted octanol–water partition coefficient (Wildman–Crippen LogP) is 3.66. The third kappa shape index (κ3) is 4.27. The van der Waals surface area contributed by atoms with Gasteiger partial charge in [-0.25, -0.2) is 0 Å². The van der Waals surface area contributed by atoms with E-state index >= 15 is 0 Å². The summed E-state index contributed by atoms with van der Waals surface area (Å²) in [7, 11) is 1.36. The van der Waals surface area contributed by atoms with E-state index in [2.05, 4.69) is 10.6 Å². The van der Waals surface area contributed by atoms with Crippen LogP contribution in [0.15, 0.2) is 18.2 Å². The Labute approximate surface area is 122 Å².